The fourth-order valence-electron chi connectivity index (χ4n) is 10.5. The summed E-state index contributed by atoms with van der Waals surface area (Å²) in [6, 6.07) is 0. The van der Waals surface area contributed by atoms with Crippen molar-refractivity contribution in [3.05, 3.63) is 0 Å². The summed E-state index contributed by atoms with van der Waals surface area (Å²) in [6.45, 7) is 11.5. The molecule has 0 aliphatic carbocycles. The first-order valence-electron chi connectivity index (χ1n) is 33.2. The highest BCUT2D eigenvalue weighted by Crippen LogP contribution is 2.19. The van der Waals surface area contributed by atoms with Crippen LogP contribution in [0.15, 0.2) is 0 Å². The number of rotatable bonds is 61. The van der Waals surface area contributed by atoms with Crippen LogP contribution in [-0.4, -0.2) is 37.2 Å². The van der Waals surface area contributed by atoms with Crippen LogP contribution in [0.25, 0.3) is 0 Å². The van der Waals surface area contributed by atoms with E-state index in [0.29, 0.717) is 19.3 Å². The highest BCUT2D eigenvalue weighted by Gasteiger charge is 2.19. The number of carbonyl (C=O) groups excluding carboxylic acids is 3. The van der Waals surface area contributed by atoms with Crippen LogP contribution in [0.3, 0.4) is 0 Å². The molecule has 0 fully saturated rings. The SMILES string of the molecule is CCCCCCCCCCCCCCCCCC(=O)OC[C@@H](COC(=O)CCCCCCCCCCCCCCCCCCC(C)C)OC(=O)CCCCCCCCCCCCCCCCCCCCC(C)C. The number of ether oxygens (including phenoxy) is 3. The lowest BCUT2D eigenvalue weighted by Gasteiger charge is -2.18. The van der Waals surface area contributed by atoms with E-state index in [2.05, 4.69) is 34.6 Å². The first-order valence-corrected chi connectivity index (χ1v) is 33.2. The molecule has 0 bridgehead atoms. The van der Waals surface area contributed by atoms with Gasteiger partial charge in [0, 0.05) is 19.3 Å². The quantitative estimate of drug-likeness (QED) is 0.0343. The van der Waals surface area contributed by atoms with E-state index in [-0.39, 0.29) is 31.1 Å². The lowest BCUT2D eigenvalue weighted by Crippen LogP contribution is -2.30. The third-order valence-corrected chi connectivity index (χ3v) is 15.5. The van der Waals surface area contributed by atoms with E-state index in [1.165, 1.54) is 270 Å². The Morgan fingerprint density at radius 3 is 0.671 bits per heavy atom. The van der Waals surface area contributed by atoms with Crippen molar-refractivity contribution in [3.8, 4) is 0 Å². The van der Waals surface area contributed by atoms with Crippen molar-refractivity contribution in [3.63, 3.8) is 0 Å². The molecule has 0 N–H and O–H groups in total. The summed E-state index contributed by atoms with van der Waals surface area (Å²) in [5.41, 5.74) is 0. The van der Waals surface area contributed by atoms with Gasteiger partial charge in [0.25, 0.3) is 0 Å². The van der Waals surface area contributed by atoms with E-state index in [1.54, 1.807) is 0 Å². The normalized spacial score (nSPS) is 12.0. The molecule has 0 unspecified atom stereocenters. The zero-order chi connectivity index (χ0) is 53.2. The zero-order valence-corrected chi connectivity index (χ0v) is 50.3. The van der Waals surface area contributed by atoms with Crippen molar-refractivity contribution in [2.45, 2.75) is 387 Å². The maximum absolute atomic E-state index is 12.9. The Morgan fingerprint density at radius 2 is 0.452 bits per heavy atom. The van der Waals surface area contributed by atoms with Gasteiger partial charge in [-0.1, -0.05) is 343 Å². The van der Waals surface area contributed by atoms with Crippen LogP contribution in [0.5, 0.6) is 0 Å². The van der Waals surface area contributed by atoms with Crippen LogP contribution < -0.4 is 0 Å². The monoisotopic (exact) mass is 1030 g/mol. The largest absolute Gasteiger partial charge is 0.462 e. The molecule has 0 rings (SSSR count). The van der Waals surface area contributed by atoms with Gasteiger partial charge in [-0.25, -0.2) is 0 Å². The van der Waals surface area contributed by atoms with Gasteiger partial charge in [-0.15, -0.1) is 0 Å². The molecule has 0 radical (unpaired) electrons. The molecule has 6 heteroatoms. The molecule has 0 aromatic heterocycles. The van der Waals surface area contributed by atoms with E-state index in [1.807, 2.05) is 0 Å². The van der Waals surface area contributed by atoms with Crippen LogP contribution in [0.4, 0.5) is 0 Å². The lowest BCUT2D eigenvalue weighted by atomic mass is 10.0. The Bertz CT molecular complexity index is 1120. The smallest absolute Gasteiger partial charge is 0.306 e. The molecule has 1 atom stereocenters. The summed E-state index contributed by atoms with van der Waals surface area (Å²) < 4.78 is 17.0. The van der Waals surface area contributed by atoms with Crippen molar-refractivity contribution in [1.29, 1.82) is 0 Å². The molecule has 0 amide bonds. The van der Waals surface area contributed by atoms with Gasteiger partial charge in [0.15, 0.2) is 6.10 Å². The molecule has 0 saturated carbocycles. The topological polar surface area (TPSA) is 78.9 Å². The van der Waals surface area contributed by atoms with Gasteiger partial charge in [-0.2, -0.15) is 0 Å². The fraction of sp³-hybridized carbons (Fsp3) is 0.955. The predicted octanol–water partition coefficient (Wildman–Crippen LogP) is 22.4. The van der Waals surface area contributed by atoms with E-state index in [4.69, 9.17) is 14.2 Å². The second kappa shape index (κ2) is 59.7. The summed E-state index contributed by atoms with van der Waals surface area (Å²) in [5.74, 6) is 0.884. The van der Waals surface area contributed by atoms with Crippen molar-refractivity contribution in [2.75, 3.05) is 13.2 Å². The van der Waals surface area contributed by atoms with Gasteiger partial charge in [-0.05, 0) is 31.1 Å². The molecule has 0 saturated heterocycles. The fourth-order valence-corrected chi connectivity index (χ4v) is 10.5. The minimum atomic E-state index is -0.764. The van der Waals surface area contributed by atoms with Crippen molar-refractivity contribution >= 4 is 17.9 Å². The van der Waals surface area contributed by atoms with Gasteiger partial charge in [0.05, 0.1) is 0 Å². The van der Waals surface area contributed by atoms with Crippen LogP contribution >= 0.6 is 0 Å². The molecular weight excluding hydrogens is 901 g/mol. The van der Waals surface area contributed by atoms with Gasteiger partial charge in [0.2, 0.25) is 0 Å². The molecule has 0 heterocycles. The third kappa shape index (κ3) is 61.1. The Labute approximate surface area is 457 Å². The second-order valence-electron chi connectivity index (χ2n) is 24.1. The van der Waals surface area contributed by atoms with Crippen LogP contribution in [0.1, 0.15) is 381 Å². The molecule has 73 heavy (non-hydrogen) atoms. The third-order valence-electron chi connectivity index (χ3n) is 15.5. The van der Waals surface area contributed by atoms with E-state index in [0.717, 1.165) is 69.6 Å². The standard InChI is InChI=1S/C67H130O6/c1-6-7-8-9-10-11-12-13-20-27-32-37-42-47-52-57-65(68)71-60-64(61-72-66(69)58-53-48-43-38-33-28-23-19-18-22-26-31-36-41-46-51-56-63(4)5)73-67(70)59-54-49-44-39-34-29-24-17-15-14-16-21-25-30-35-40-45-50-55-62(2)3/h62-64H,6-61H2,1-5H3/t64-/m0/s1. The first kappa shape index (κ1) is 71.4. The average Bonchev–Trinajstić information content (AvgIpc) is 3.37. The van der Waals surface area contributed by atoms with Crippen LogP contribution in [-0.2, 0) is 28.6 Å². The number of hydrogen-bond acceptors (Lipinski definition) is 6. The van der Waals surface area contributed by atoms with Gasteiger partial charge in [0.1, 0.15) is 13.2 Å². The Hall–Kier alpha value is -1.59. The summed E-state index contributed by atoms with van der Waals surface area (Å²) >= 11 is 0. The second-order valence-corrected chi connectivity index (χ2v) is 24.1. The van der Waals surface area contributed by atoms with Crippen LogP contribution in [0, 0.1) is 11.8 Å². The molecule has 0 aromatic carbocycles. The van der Waals surface area contributed by atoms with Crippen LogP contribution in [0.2, 0.25) is 0 Å². The first-order chi connectivity index (χ1) is 35.7. The minimum Gasteiger partial charge on any atom is -0.462 e. The van der Waals surface area contributed by atoms with Crippen molar-refractivity contribution in [1.82, 2.24) is 0 Å². The van der Waals surface area contributed by atoms with Crippen molar-refractivity contribution in [2.24, 2.45) is 11.8 Å². The number of hydrogen-bond donors (Lipinski definition) is 0. The number of carbonyl (C=O) groups is 3. The molecule has 0 aliphatic heterocycles. The number of unbranched alkanes of at least 4 members (excludes halogenated alkanes) is 46. The maximum Gasteiger partial charge on any atom is 0.306 e. The summed E-state index contributed by atoms with van der Waals surface area (Å²) in [4.78, 5) is 38.4. The van der Waals surface area contributed by atoms with E-state index in [9.17, 15) is 14.4 Å². The predicted molar refractivity (Wildman–Crippen MR) is 316 cm³/mol. The number of esters is 3. The van der Waals surface area contributed by atoms with Crippen molar-refractivity contribution < 1.29 is 28.6 Å². The van der Waals surface area contributed by atoms with Gasteiger partial charge >= 0.3 is 17.9 Å². The van der Waals surface area contributed by atoms with Gasteiger partial charge < -0.3 is 14.2 Å². The highest BCUT2D eigenvalue weighted by atomic mass is 16.6. The lowest BCUT2D eigenvalue weighted by molar-refractivity contribution is -0.167. The molecule has 0 aromatic rings. The molecule has 6 nitrogen and oxygen atoms in total. The minimum absolute atomic E-state index is 0.0615. The van der Waals surface area contributed by atoms with E-state index < -0.39 is 6.10 Å². The molecule has 434 valence electrons. The Morgan fingerprint density at radius 1 is 0.260 bits per heavy atom. The Balaban J connectivity index is 4.27. The summed E-state index contributed by atoms with van der Waals surface area (Å²) in [5, 5.41) is 0. The van der Waals surface area contributed by atoms with E-state index >= 15 is 0 Å². The molecule has 0 spiro atoms. The zero-order valence-electron chi connectivity index (χ0n) is 50.3. The maximum atomic E-state index is 12.9. The molecular formula is C67H130O6. The van der Waals surface area contributed by atoms with Gasteiger partial charge in [-0.3, -0.25) is 14.4 Å². The molecule has 0 aliphatic rings. The summed E-state index contributed by atoms with van der Waals surface area (Å²) in [6.07, 6.45) is 66.8. The summed E-state index contributed by atoms with van der Waals surface area (Å²) in [7, 11) is 0. The average molecular weight is 1030 g/mol. The highest BCUT2D eigenvalue weighted by molar-refractivity contribution is 5.71. The Kier molecular flexibility index (Phi) is 58.4.